The van der Waals surface area contributed by atoms with Crippen LogP contribution in [0.4, 0.5) is 5.69 Å². The highest BCUT2D eigenvalue weighted by Gasteiger charge is 2.36. The van der Waals surface area contributed by atoms with Crippen LogP contribution in [0.5, 0.6) is 17.2 Å². The number of hydrogen-bond acceptors (Lipinski definition) is 6. The van der Waals surface area contributed by atoms with Crippen LogP contribution in [0.1, 0.15) is 29.7 Å². The van der Waals surface area contributed by atoms with E-state index in [-0.39, 0.29) is 17.2 Å². The van der Waals surface area contributed by atoms with E-state index in [1.54, 1.807) is 12.1 Å². The molecule has 2 aromatic carbocycles. The smallest absolute Gasteiger partial charge is 0.337 e. The van der Waals surface area contributed by atoms with Gasteiger partial charge in [-0.15, -0.1) is 0 Å². The highest BCUT2D eigenvalue weighted by atomic mass is 32.1. The number of aromatic hydroxyl groups is 1. The van der Waals surface area contributed by atoms with Gasteiger partial charge in [-0.25, -0.2) is 4.79 Å². The van der Waals surface area contributed by atoms with Crippen LogP contribution < -0.4 is 19.7 Å². The third kappa shape index (κ3) is 4.03. The average molecular weight is 443 g/mol. The third-order valence-electron chi connectivity index (χ3n) is 5.47. The van der Waals surface area contributed by atoms with Gasteiger partial charge >= 0.3 is 5.97 Å². The Labute approximate surface area is 187 Å². The molecule has 2 aromatic rings. The molecule has 1 heterocycles. The molecule has 0 saturated carbocycles. The first-order valence-electron chi connectivity index (χ1n) is 9.65. The van der Waals surface area contributed by atoms with Crippen molar-refractivity contribution in [3.63, 3.8) is 0 Å². The molecule has 31 heavy (non-hydrogen) atoms. The lowest BCUT2D eigenvalue weighted by Crippen LogP contribution is -2.48. The lowest BCUT2D eigenvalue weighted by Gasteiger charge is -2.37. The maximum atomic E-state index is 12.8. The Bertz CT molecular complexity index is 1050. The Hall–Kier alpha value is -3.26. The number of methoxy groups -OCH3 is 3. The van der Waals surface area contributed by atoms with E-state index in [4.69, 9.17) is 26.4 Å². The Morgan fingerprint density at radius 3 is 2.16 bits per heavy atom. The van der Waals surface area contributed by atoms with Crippen molar-refractivity contribution < 1.29 is 24.1 Å². The average Bonchev–Trinajstić information content (AvgIpc) is 2.75. The molecule has 0 bridgehead atoms. The van der Waals surface area contributed by atoms with Gasteiger partial charge < -0.3 is 24.6 Å². The number of hydrogen-bond donors (Lipinski definition) is 2. The summed E-state index contributed by atoms with van der Waals surface area (Å²) in [4.78, 5) is 14.7. The number of benzene rings is 2. The van der Waals surface area contributed by atoms with E-state index in [0.29, 0.717) is 21.9 Å². The number of nitrogens with zero attached hydrogens (tertiary/aromatic N) is 1. The van der Waals surface area contributed by atoms with Crippen molar-refractivity contribution in [2.75, 3.05) is 26.2 Å². The second-order valence-corrected chi connectivity index (χ2v) is 7.64. The molecule has 0 radical (unpaired) electrons. The van der Waals surface area contributed by atoms with Gasteiger partial charge in [0.05, 0.1) is 32.9 Å². The predicted octanol–water partition coefficient (Wildman–Crippen LogP) is 3.91. The Morgan fingerprint density at radius 1 is 1.03 bits per heavy atom. The van der Waals surface area contributed by atoms with E-state index in [0.717, 1.165) is 16.8 Å². The van der Waals surface area contributed by atoms with Crippen molar-refractivity contribution in [1.29, 1.82) is 0 Å². The van der Waals surface area contributed by atoms with Gasteiger partial charge in [-0.2, -0.15) is 0 Å². The second kappa shape index (κ2) is 8.85. The maximum Gasteiger partial charge on any atom is 0.337 e. The summed E-state index contributed by atoms with van der Waals surface area (Å²) in [6.07, 6.45) is 0. The zero-order valence-electron chi connectivity index (χ0n) is 18.4. The number of aryl methyl sites for hydroxylation is 2. The molecule has 1 atom stereocenters. The minimum absolute atomic E-state index is 0.121. The highest BCUT2D eigenvalue weighted by Crippen LogP contribution is 2.42. The third-order valence-corrected chi connectivity index (χ3v) is 5.77. The Balaban J connectivity index is 2.19. The van der Waals surface area contributed by atoms with Crippen molar-refractivity contribution >= 4 is 29.0 Å². The number of nitrogens with one attached hydrogen (secondary N) is 1. The first-order chi connectivity index (χ1) is 14.7. The molecule has 0 fully saturated rings. The number of esters is 1. The molecule has 0 aromatic heterocycles. The zero-order chi connectivity index (χ0) is 22.9. The number of ether oxygens (including phenoxy) is 3. The molecule has 0 aliphatic carbocycles. The second-order valence-electron chi connectivity index (χ2n) is 7.25. The van der Waals surface area contributed by atoms with E-state index in [9.17, 15) is 9.90 Å². The summed E-state index contributed by atoms with van der Waals surface area (Å²) in [6.45, 7) is 5.89. The molecule has 0 spiro atoms. The summed E-state index contributed by atoms with van der Waals surface area (Å²) in [7, 11) is 4.23. The summed E-state index contributed by atoms with van der Waals surface area (Å²) >= 11 is 5.68. The topological polar surface area (TPSA) is 80.3 Å². The van der Waals surface area contributed by atoms with Crippen molar-refractivity contribution in [2.45, 2.75) is 26.8 Å². The fourth-order valence-corrected chi connectivity index (χ4v) is 3.98. The minimum Gasteiger partial charge on any atom is -0.502 e. The summed E-state index contributed by atoms with van der Waals surface area (Å²) in [5.74, 6) is -0.164. The van der Waals surface area contributed by atoms with Crippen LogP contribution in [-0.2, 0) is 9.53 Å². The van der Waals surface area contributed by atoms with E-state index < -0.39 is 12.0 Å². The summed E-state index contributed by atoms with van der Waals surface area (Å²) in [6, 6.07) is 8.66. The van der Waals surface area contributed by atoms with E-state index in [1.165, 1.54) is 21.3 Å². The lowest BCUT2D eigenvalue weighted by atomic mass is 9.94. The molecule has 164 valence electrons. The number of phenolic OH excluding ortho intramolecular Hbond substituents is 1. The summed E-state index contributed by atoms with van der Waals surface area (Å²) in [5, 5.41) is 13.9. The number of phenols is 1. The van der Waals surface area contributed by atoms with Gasteiger partial charge in [0.15, 0.2) is 16.6 Å². The molecule has 8 heteroatoms. The summed E-state index contributed by atoms with van der Waals surface area (Å²) < 4.78 is 15.6. The van der Waals surface area contributed by atoms with Gasteiger partial charge in [0.25, 0.3) is 0 Å². The number of rotatable bonds is 5. The molecule has 7 nitrogen and oxygen atoms in total. The van der Waals surface area contributed by atoms with Crippen LogP contribution in [0.2, 0.25) is 0 Å². The fraction of sp³-hybridized carbons (Fsp3) is 0.304. The summed E-state index contributed by atoms with van der Waals surface area (Å²) in [5.41, 5.74) is 4.80. The fourth-order valence-electron chi connectivity index (χ4n) is 3.62. The zero-order valence-corrected chi connectivity index (χ0v) is 19.2. The normalized spacial score (nSPS) is 16.1. The Kier molecular flexibility index (Phi) is 6.40. The van der Waals surface area contributed by atoms with Crippen LogP contribution in [-0.4, -0.2) is 37.5 Å². The van der Waals surface area contributed by atoms with Crippen LogP contribution in [0.25, 0.3) is 0 Å². The van der Waals surface area contributed by atoms with E-state index in [2.05, 4.69) is 5.32 Å². The van der Waals surface area contributed by atoms with Gasteiger partial charge in [0.2, 0.25) is 5.75 Å². The van der Waals surface area contributed by atoms with Crippen molar-refractivity contribution in [2.24, 2.45) is 0 Å². The van der Waals surface area contributed by atoms with Crippen LogP contribution >= 0.6 is 12.2 Å². The first kappa shape index (κ1) is 22.4. The van der Waals surface area contributed by atoms with Gasteiger partial charge in [-0.1, -0.05) is 6.07 Å². The molecule has 1 aliphatic rings. The molecule has 1 aliphatic heterocycles. The number of carbonyl (C=O) groups excluding carboxylic acids is 1. The SMILES string of the molecule is COC(=O)C1=C(C)N(c2ccc(C)c(C)c2)C(=S)N[C@@H]1c1cc(OC)c(O)c(OC)c1. The number of thiocarbonyl (C=S) groups is 1. The van der Waals surface area contributed by atoms with Crippen molar-refractivity contribution in [3.05, 3.63) is 58.3 Å². The van der Waals surface area contributed by atoms with Crippen LogP contribution in [0.15, 0.2) is 41.6 Å². The Morgan fingerprint density at radius 2 is 1.65 bits per heavy atom. The number of carbonyl (C=O) groups is 1. The van der Waals surface area contributed by atoms with Crippen molar-refractivity contribution in [1.82, 2.24) is 5.32 Å². The van der Waals surface area contributed by atoms with Gasteiger partial charge in [-0.05, 0) is 73.9 Å². The molecule has 0 saturated heterocycles. The predicted molar refractivity (Wildman–Crippen MR) is 123 cm³/mol. The largest absolute Gasteiger partial charge is 0.502 e. The number of allylic oxidation sites excluding steroid dienone is 1. The minimum atomic E-state index is -0.619. The van der Waals surface area contributed by atoms with Crippen molar-refractivity contribution in [3.8, 4) is 17.2 Å². The molecule has 3 rings (SSSR count). The van der Waals surface area contributed by atoms with Gasteiger partial charge in [0.1, 0.15) is 0 Å². The van der Waals surface area contributed by atoms with E-state index in [1.807, 2.05) is 43.9 Å². The standard InChI is InChI=1S/C23H26N2O5S/c1-12-7-8-16(9-13(12)2)25-14(3)19(22(27)30-6)20(24-23(25)31)15-10-17(28-4)21(26)18(11-15)29-5/h7-11,20,26H,1-6H3,(H,24,31)/t20-/m1/s1. The van der Waals surface area contributed by atoms with Gasteiger partial charge in [0, 0.05) is 11.4 Å². The molecular formula is C23H26N2O5S. The lowest BCUT2D eigenvalue weighted by molar-refractivity contribution is -0.136. The van der Waals surface area contributed by atoms with Gasteiger partial charge in [-0.3, -0.25) is 4.90 Å². The molecule has 0 amide bonds. The highest BCUT2D eigenvalue weighted by molar-refractivity contribution is 7.80. The monoisotopic (exact) mass is 442 g/mol. The molecule has 0 unspecified atom stereocenters. The first-order valence-corrected chi connectivity index (χ1v) is 10.1. The maximum absolute atomic E-state index is 12.8. The van der Waals surface area contributed by atoms with Crippen LogP contribution in [0, 0.1) is 13.8 Å². The molecule has 2 N–H and O–H groups in total. The molecular weight excluding hydrogens is 416 g/mol. The van der Waals surface area contributed by atoms with E-state index >= 15 is 0 Å². The quantitative estimate of drug-likeness (QED) is 0.533. The van der Waals surface area contributed by atoms with Crippen LogP contribution in [0.3, 0.4) is 0 Å². The number of anilines is 1.